The van der Waals surface area contributed by atoms with E-state index in [1.54, 1.807) is 29.5 Å². The van der Waals surface area contributed by atoms with Crippen LogP contribution in [0.2, 0.25) is 0 Å². The third kappa shape index (κ3) is 2.87. The van der Waals surface area contributed by atoms with Gasteiger partial charge in [-0.05, 0) is 31.5 Å². The lowest BCUT2D eigenvalue weighted by Crippen LogP contribution is -2.10. The number of benzene rings is 1. The van der Waals surface area contributed by atoms with Gasteiger partial charge in [0.05, 0.1) is 5.39 Å². The van der Waals surface area contributed by atoms with Crippen molar-refractivity contribution in [2.24, 2.45) is 0 Å². The molecule has 3 rings (SSSR count). The van der Waals surface area contributed by atoms with Gasteiger partial charge in [-0.25, -0.2) is 14.4 Å². The van der Waals surface area contributed by atoms with Gasteiger partial charge < -0.3 is 9.47 Å². The molecule has 4 nitrogen and oxygen atoms in total. The van der Waals surface area contributed by atoms with Gasteiger partial charge in [-0.15, -0.1) is 11.3 Å². The minimum absolute atomic E-state index is 0.224. The summed E-state index contributed by atoms with van der Waals surface area (Å²) in [6, 6.07) is 6.30. The summed E-state index contributed by atoms with van der Waals surface area (Å²) in [6.45, 7) is 4.61. The van der Waals surface area contributed by atoms with E-state index in [9.17, 15) is 4.39 Å². The molecule has 3 aromatic rings. The van der Waals surface area contributed by atoms with Gasteiger partial charge in [0.25, 0.3) is 0 Å². The van der Waals surface area contributed by atoms with Crippen LogP contribution < -0.4 is 9.47 Å². The lowest BCUT2D eigenvalue weighted by Gasteiger charge is -2.09. The molecule has 0 fully saturated rings. The van der Waals surface area contributed by atoms with Gasteiger partial charge in [-0.1, -0.05) is 12.1 Å². The van der Waals surface area contributed by atoms with E-state index in [-0.39, 0.29) is 24.8 Å². The van der Waals surface area contributed by atoms with E-state index in [1.165, 1.54) is 17.3 Å². The van der Waals surface area contributed by atoms with Crippen molar-refractivity contribution < 1.29 is 13.9 Å². The second-order valence-electron chi connectivity index (χ2n) is 4.77. The fourth-order valence-corrected chi connectivity index (χ4v) is 3.10. The molecule has 0 N–H and O–H groups in total. The number of fused-ring (bicyclic) bond motifs is 1. The third-order valence-electron chi connectivity index (χ3n) is 3.35. The lowest BCUT2D eigenvalue weighted by molar-refractivity contribution is 0.208. The Labute approximate surface area is 131 Å². The highest BCUT2D eigenvalue weighted by atomic mass is 32.1. The molecule has 0 bridgehead atoms. The molecule has 6 heteroatoms. The number of hydrogen-bond acceptors (Lipinski definition) is 5. The Balaban J connectivity index is 1.66. The molecule has 0 aliphatic heterocycles. The van der Waals surface area contributed by atoms with Gasteiger partial charge in [-0.3, -0.25) is 0 Å². The third-order valence-corrected chi connectivity index (χ3v) is 4.46. The van der Waals surface area contributed by atoms with E-state index in [4.69, 9.17) is 9.47 Å². The molecule has 0 aliphatic carbocycles. The highest BCUT2D eigenvalue weighted by Gasteiger charge is 2.12. The molecular weight excluding hydrogens is 303 g/mol. The minimum atomic E-state index is -0.378. The fraction of sp³-hybridized carbons (Fsp3) is 0.250. The summed E-state index contributed by atoms with van der Waals surface area (Å²) in [5, 5.41) is 0.941. The largest absolute Gasteiger partial charge is 0.487 e. The summed E-state index contributed by atoms with van der Waals surface area (Å²) in [6.07, 6.45) is 1.49. The first kappa shape index (κ1) is 14.7. The van der Waals surface area contributed by atoms with Crippen molar-refractivity contribution in [1.82, 2.24) is 9.97 Å². The molecule has 1 aromatic carbocycles. The number of thiophene rings is 1. The molecule has 0 unspecified atom stereocenters. The van der Waals surface area contributed by atoms with Gasteiger partial charge in [0.15, 0.2) is 11.6 Å². The van der Waals surface area contributed by atoms with E-state index in [2.05, 4.69) is 9.97 Å². The van der Waals surface area contributed by atoms with Crippen molar-refractivity contribution in [3.63, 3.8) is 0 Å². The molecule has 114 valence electrons. The highest BCUT2D eigenvalue weighted by Crippen LogP contribution is 2.33. The zero-order chi connectivity index (χ0) is 15.5. The second-order valence-corrected chi connectivity index (χ2v) is 5.97. The SMILES string of the molecule is Cc1sc2ncnc(OCCOc3ccccc3F)c2c1C. The summed E-state index contributed by atoms with van der Waals surface area (Å²) < 4.78 is 24.5. The number of hydrogen-bond donors (Lipinski definition) is 0. The first-order chi connectivity index (χ1) is 10.7. The van der Waals surface area contributed by atoms with Gasteiger partial charge in [0.1, 0.15) is 24.4 Å². The molecule has 2 aromatic heterocycles. The number of halogens is 1. The monoisotopic (exact) mass is 318 g/mol. The van der Waals surface area contributed by atoms with Crippen LogP contribution >= 0.6 is 11.3 Å². The zero-order valence-corrected chi connectivity index (χ0v) is 13.1. The summed E-state index contributed by atoms with van der Waals surface area (Å²) >= 11 is 1.62. The van der Waals surface area contributed by atoms with Crippen molar-refractivity contribution in [3.05, 3.63) is 46.9 Å². The van der Waals surface area contributed by atoms with Crippen LogP contribution in [0.25, 0.3) is 10.2 Å². The molecule has 0 saturated carbocycles. The molecule has 0 aliphatic rings. The summed E-state index contributed by atoms with van der Waals surface area (Å²) in [4.78, 5) is 10.6. The van der Waals surface area contributed by atoms with Crippen LogP contribution in [0.15, 0.2) is 30.6 Å². The number of rotatable bonds is 5. The predicted molar refractivity (Wildman–Crippen MR) is 84.3 cm³/mol. The first-order valence-corrected chi connectivity index (χ1v) is 7.69. The first-order valence-electron chi connectivity index (χ1n) is 6.87. The molecule has 2 heterocycles. The van der Waals surface area contributed by atoms with Gasteiger partial charge in [-0.2, -0.15) is 0 Å². The van der Waals surface area contributed by atoms with Gasteiger partial charge >= 0.3 is 0 Å². The Morgan fingerprint density at radius 1 is 1.09 bits per heavy atom. The van der Waals surface area contributed by atoms with Crippen molar-refractivity contribution in [2.45, 2.75) is 13.8 Å². The summed E-state index contributed by atoms with van der Waals surface area (Å²) in [5.41, 5.74) is 1.13. The zero-order valence-electron chi connectivity index (χ0n) is 12.3. The van der Waals surface area contributed by atoms with Gasteiger partial charge in [0.2, 0.25) is 5.88 Å². The molecule has 0 radical (unpaired) electrons. The maximum Gasteiger partial charge on any atom is 0.225 e. The molecule has 0 amide bonds. The number of nitrogens with zero attached hydrogens (tertiary/aromatic N) is 2. The Hall–Kier alpha value is -2.21. The van der Waals surface area contributed by atoms with E-state index < -0.39 is 0 Å². The quantitative estimate of drug-likeness (QED) is 0.669. The minimum Gasteiger partial charge on any atom is -0.487 e. The van der Waals surface area contributed by atoms with E-state index in [0.29, 0.717) is 5.88 Å². The fourth-order valence-electron chi connectivity index (χ4n) is 2.11. The molecule has 0 spiro atoms. The number of aryl methyl sites for hydroxylation is 2. The maximum absolute atomic E-state index is 13.4. The predicted octanol–water partition coefficient (Wildman–Crippen LogP) is 3.91. The van der Waals surface area contributed by atoms with Crippen LogP contribution in [0.4, 0.5) is 4.39 Å². The molecule has 0 atom stereocenters. The van der Waals surface area contributed by atoms with Gasteiger partial charge in [0, 0.05) is 4.88 Å². The Kier molecular flexibility index (Phi) is 4.20. The lowest BCUT2D eigenvalue weighted by atomic mass is 10.2. The van der Waals surface area contributed by atoms with E-state index >= 15 is 0 Å². The topological polar surface area (TPSA) is 44.2 Å². The molecule has 22 heavy (non-hydrogen) atoms. The maximum atomic E-state index is 13.4. The van der Waals surface area contributed by atoms with E-state index in [1.807, 2.05) is 13.8 Å². The normalized spacial score (nSPS) is 10.9. The van der Waals surface area contributed by atoms with Crippen LogP contribution in [0.3, 0.4) is 0 Å². The second kappa shape index (κ2) is 6.27. The number of para-hydroxylation sites is 1. The van der Waals surface area contributed by atoms with E-state index in [0.717, 1.165) is 15.8 Å². The summed E-state index contributed by atoms with van der Waals surface area (Å²) in [5.74, 6) is 0.390. The summed E-state index contributed by atoms with van der Waals surface area (Å²) in [7, 11) is 0. The average Bonchev–Trinajstić information content (AvgIpc) is 2.81. The van der Waals surface area contributed by atoms with Crippen LogP contribution in [-0.2, 0) is 0 Å². The van der Waals surface area contributed by atoms with Crippen LogP contribution in [-0.4, -0.2) is 23.2 Å². The van der Waals surface area contributed by atoms with Crippen molar-refractivity contribution in [2.75, 3.05) is 13.2 Å². The Bertz CT molecular complexity index is 804. The number of aromatic nitrogens is 2. The average molecular weight is 318 g/mol. The highest BCUT2D eigenvalue weighted by molar-refractivity contribution is 7.18. The Morgan fingerprint density at radius 2 is 1.86 bits per heavy atom. The number of ether oxygens (including phenoxy) is 2. The smallest absolute Gasteiger partial charge is 0.225 e. The molecular formula is C16H15FN2O2S. The van der Waals surface area contributed by atoms with Crippen molar-refractivity contribution >= 4 is 21.6 Å². The van der Waals surface area contributed by atoms with Crippen LogP contribution in [0, 0.1) is 19.7 Å². The van der Waals surface area contributed by atoms with Crippen LogP contribution in [0.5, 0.6) is 11.6 Å². The Morgan fingerprint density at radius 3 is 2.68 bits per heavy atom. The van der Waals surface area contributed by atoms with Crippen molar-refractivity contribution in [1.29, 1.82) is 0 Å². The standard InChI is InChI=1S/C16H15FN2O2S/c1-10-11(2)22-16-14(10)15(18-9-19-16)21-8-7-20-13-6-4-3-5-12(13)17/h3-6,9H,7-8H2,1-2H3. The van der Waals surface area contributed by atoms with Crippen LogP contribution in [0.1, 0.15) is 10.4 Å². The van der Waals surface area contributed by atoms with Crippen molar-refractivity contribution in [3.8, 4) is 11.6 Å². The molecule has 0 saturated heterocycles.